The summed E-state index contributed by atoms with van der Waals surface area (Å²) in [5.41, 5.74) is 3.11. The molecule has 1 spiro atoms. The van der Waals surface area contributed by atoms with E-state index in [1.807, 2.05) is 0 Å². The van der Waals surface area contributed by atoms with E-state index in [0.717, 1.165) is 17.8 Å². The van der Waals surface area contributed by atoms with Crippen LogP contribution < -0.4 is 0 Å². The highest BCUT2D eigenvalue weighted by Crippen LogP contribution is 2.69. The second-order valence-corrected chi connectivity index (χ2v) is 9.28. The highest BCUT2D eigenvalue weighted by molar-refractivity contribution is 5.29. The largest absolute Gasteiger partial charge is 0.0995 e. The van der Waals surface area contributed by atoms with Crippen molar-refractivity contribution in [2.24, 2.45) is 34.0 Å². The molecule has 0 aliphatic heterocycles. The quantitative estimate of drug-likeness (QED) is 0.491. The van der Waals surface area contributed by atoms with Crippen LogP contribution in [0.15, 0.2) is 24.3 Å². The summed E-state index contributed by atoms with van der Waals surface area (Å²) < 4.78 is 0. The van der Waals surface area contributed by atoms with E-state index in [0.29, 0.717) is 16.2 Å². The Bertz CT molecular complexity index is 482. The van der Waals surface area contributed by atoms with Gasteiger partial charge in [-0.15, -0.1) is 0 Å². The van der Waals surface area contributed by atoms with E-state index in [9.17, 15) is 0 Å². The Morgan fingerprint density at radius 2 is 1.95 bits per heavy atom. The van der Waals surface area contributed by atoms with Crippen LogP contribution in [0, 0.1) is 34.0 Å². The minimum atomic E-state index is 0.498. The molecule has 3 fully saturated rings. The molecule has 5 atom stereocenters. The highest BCUT2D eigenvalue weighted by Gasteiger charge is 2.60. The third-order valence-corrected chi connectivity index (χ3v) is 7.76. The van der Waals surface area contributed by atoms with E-state index in [1.54, 1.807) is 5.57 Å². The molecule has 4 aliphatic carbocycles. The number of rotatable bonds is 0. The van der Waals surface area contributed by atoms with E-state index >= 15 is 0 Å². The number of hydrogen-bond acceptors (Lipinski definition) is 0. The van der Waals surface area contributed by atoms with Crippen LogP contribution in [0.2, 0.25) is 0 Å². The first-order valence-corrected chi connectivity index (χ1v) is 8.74. The van der Waals surface area contributed by atoms with Crippen LogP contribution >= 0.6 is 0 Å². The summed E-state index contributed by atoms with van der Waals surface area (Å²) in [7, 11) is 0. The molecule has 3 saturated carbocycles. The first-order chi connectivity index (χ1) is 9.37. The van der Waals surface area contributed by atoms with Crippen LogP contribution in [0.3, 0.4) is 0 Å². The standard InChI is InChI=1S/C20H30/c1-14-12-20-11-8-16-18(2,3)9-5-10-19(16,4)17(20)7-6-15(14)13-20/h8,11,15-17H,1,5-7,9-10,12-13H2,2-4H3/t15?,16-,17+,19?,20?/m1/s1. The summed E-state index contributed by atoms with van der Waals surface area (Å²) in [4.78, 5) is 0. The maximum Gasteiger partial charge on any atom is -0.00417 e. The Morgan fingerprint density at radius 3 is 2.75 bits per heavy atom. The smallest absolute Gasteiger partial charge is 0.00417 e. The van der Waals surface area contributed by atoms with Crippen LogP contribution in [0.5, 0.6) is 0 Å². The van der Waals surface area contributed by atoms with Crippen molar-refractivity contribution in [3.05, 3.63) is 24.3 Å². The fraction of sp³-hybridized carbons (Fsp3) is 0.800. The Hall–Kier alpha value is -0.520. The SMILES string of the molecule is C=C1CC23C=C[C@@H]4C(C)(C)CCCC4(C)[C@@H]2CCC1C3. The van der Waals surface area contributed by atoms with Gasteiger partial charge < -0.3 is 0 Å². The average Bonchev–Trinajstić information content (AvgIpc) is 2.58. The summed E-state index contributed by atoms with van der Waals surface area (Å²) in [5, 5.41) is 0. The van der Waals surface area contributed by atoms with Gasteiger partial charge in [0.05, 0.1) is 0 Å². The molecule has 0 aromatic carbocycles. The van der Waals surface area contributed by atoms with E-state index in [4.69, 9.17) is 0 Å². The van der Waals surface area contributed by atoms with Crippen molar-refractivity contribution in [3.8, 4) is 0 Å². The van der Waals surface area contributed by atoms with E-state index in [1.165, 1.54) is 44.9 Å². The van der Waals surface area contributed by atoms with Crippen molar-refractivity contribution < 1.29 is 0 Å². The summed E-state index contributed by atoms with van der Waals surface area (Å²) in [6.07, 6.45) is 15.2. The molecule has 0 heterocycles. The van der Waals surface area contributed by atoms with Crippen molar-refractivity contribution >= 4 is 0 Å². The predicted molar refractivity (Wildman–Crippen MR) is 85.4 cm³/mol. The van der Waals surface area contributed by atoms with Gasteiger partial charge in [-0.05, 0) is 72.5 Å². The summed E-state index contributed by atoms with van der Waals surface area (Å²) in [6.45, 7) is 12.1. The zero-order valence-corrected chi connectivity index (χ0v) is 13.5. The summed E-state index contributed by atoms with van der Waals surface area (Å²) in [5.74, 6) is 2.55. The highest BCUT2D eigenvalue weighted by atomic mass is 14.6. The first-order valence-electron chi connectivity index (χ1n) is 8.74. The topological polar surface area (TPSA) is 0 Å². The number of hydrogen-bond donors (Lipinski definition) is 0. The molecule has 0 aromatic heterocycles. The van der Waals surface area contributed by atoms with Gasteiger partial charge in [0.2, 0.25) is 0 Å². The fourth-order valence-corrected chi connectivity index (χ4v) is 6.99. The van der Waals surface area contributed by atoms with Gasteiger partial charge in [-0.3, -0.25) is 0 Å². The lowest BCUT2D eigenvalue weighted by Gasteiger charge is -2.61. The fourth-order valence-electron chi connectivity index (χ4n) is 6.99. The lowest BCUT2D eigenvalue weighted by Crippen LogP contribution is -2.53. The molecule has 3 unspecified atom stereocenters. The van der Waals surface area contributed by atoms with E-state index in [2.05, 4.69) is 39.5 Å². The van der Waals surface area contributed by atoms with Crippen molar-refractivity contribution in [1.29, 1.82) is 0 Å². The molecule has 0 amide bonds. The second-order valence-electron chi connectivity index (χ2n) is 9.28. The Labute approximate surface area is 124 Å². The van der Waals surface area contributed by atoms with Gasteiger partial charge in [0.15, 0.2) is 0 Å². The minimum absolute atomic E-state index is 0.498. The van der Waals surface area contributed by atoms with Gasteiger partial charge in [-0.1, -0.05) is 51.5 Å². The molecular formula is C20H30. The van der Waals surface area contributed by atoms with Crippen molar-refractivity contribution in [2.75, 3.05) is 0 Å². The molecule has 4 rings (SSSR count). The molecular weight excluding hydrogens is 240 g/mol. The molecule has 0 aromatic rings. The second kappa shape index (κ2) is 3.81. The van der Waals surface area contributed by atoms with E-state index < -0.39 is 0 Å². The van der Waals surface area contributed by atoms with Gasteiger partial charge in [0.25, 0.3) is 0 Å². The molecule has 0 radical (unpaired) electrons. The molecule has 0 heteroatoms. The zero-order valence-electron chi connectivity index (χ0n) is 13.5. The molecule has 110 valence electrons. The minimum Gasteiger partial charge on any atom is -0.0995 e. The van der Waals surface area contributed by atoms with E-state index in [-0.39, 0.29) is 0 Å². The molecule has 4 aliphatic rings. The van der Waals surface area contributed by atoms with Gasteiger partial charge in [-0.25, -0.2) is 0 Å². The number of fused-ring (bicyclic) bond motifs is 3. The van der Waals surface area contributed by atoms with Crippen molar-refractivity contribution in [2.45, 2.75) is 65.7 Å². The van der Waals surface area contributed by atoms with Crippen LogP contribution in [-0.2, 0) is 0 Å². The van der Waals surface area contributed by atoms with Gasteiger partial charge in [-0.2, -0.15) is 0 Å². The third-order valence-electron chi connectivity index (χ3n) is 7.76. The number of allylic oxidation sites excluding steroid dienone is 3. The Kier molecular flexibility index (Phi) is 2.51. The molecule has 0 nitrogen and oxygen atoms in total. The van der Waals surface area contributed by atoms with Crippen LogP contribution in [0.1, 0.15) is 65.7 Å². The van der Waals surface area contributed by atoms with Crippen molar-refractivity contribution in [1.82, 2.24) is 0 Å². The molecule has 2 bridgehead atoms. The molecule has 0 saturated heterocycles. The zero-order chi connectivity index (χ0) is 14.2. The van der Waals surface area contributed by atoms with Crippen molar-refractivity contribution in [3.63, 3.8) is 0 Å². The Morgan fingerprint density at radius 1 is 1.15 bits per heavy atom. The van der Waals surface area contributed by atoms with Gasteiger partial charge in [0.1, 0.15) is 0 Å². The summed E-state index contributed by atoms with van der Waals surface area (Å²) in [6, 6.07) is 0. The van der Waals surface area contributed by atoms with Crippen LogP contribution in [-0.4, -0.2) is 0 Å². The lowest BCUT2D eigenvalue weighted by molar-refractivity contribution is -0.0784. The average molecular weight is 270 g/mol. The Balaban J connectivity index is 1.81. The maximum absolute atomic E-state index is 4.40. The lowest BCUT2D eigenvalue weighted by atomic mass is 9.43. The molecule has 20 heavy (non-hydrogen) atoms. The normalized spacial score (nSPS) is 52.5. The monoisotopic (exact) mass is 270 g/mol. The van der Waals surface area contributed by atoms with Gasteiger partial charge in [0, 0.05) is 0 Å². The third kappa shape index (κ3) is 1.49. The summed E-state index contributed by atoms with van der Waals surface area (Å²) >= 11 is 0. The maximum atomic E-state index is 4.40. The van der Waals surface area contributed by atoms with Crippen LogP contribution in [0.4, 0.5) is 0 Å². The van der Waals surface area contributed by atoms with Gasteiger partial charge >= 0.3 is 0 Å². The van der Waals surface area contributed by atoms with Crippen LogP contribution in [0.25, 0.3) is 0 Å². The first kappa shape index (κ1) is 13.2. The molecule has 0 N–H and O–H groups in total. The predicted octanol–water partition coefficient (Wildman–Crippen LogP) is 5.75.